The molecule has 1 unspecified atom stereocenters. The fourth-order valence-electron chi connectivity index (χ4n) is 2.75. The number of hydrogen-bond acceptors (Lipinski definition) is 6. The van der Waals surface area contributed by atoms with E-state index >= 15 is 0 Å². The summed E-state index contributed by atoms with van der Waals surface area (Å²) in [5.74, 6) is -0.234. The molecular weight excluding hydrogens is 420 g/mol. The Labute approximate surface area is 152 Å². The number of carbonyl (C=O) groups excluding carboxylic acids is 2. The number of sulfonamides is 1. The molecule has 2 saturated heterocycles. The van der Waals surface area contributed by atoms with Gasteiger partial charge in [0, 0.05) is 33.2 Å². The second-order valence-electron chi connectivity index (χ2n) is 5.62. The quantitative estimate of drug-likeness (QED) is 0.753. The second-order valence-corrected chi connectivity index (χ2v) is 10.2. The van der Waals surface area contributed by atoms with Gasteiger partial charge in [0.15, 0.2) is 0 Å². The molecule has 0 aromatic carbocycles. The summed E-state index contributed by atoms with van der Waals surface area (Å²) in [5, 5.41) is 2.77. The lowest BCUT2D eigenvalue weighted by molar-refractivity contribution is -0.130. The zero-order chi connectivity index (χ0) is 17.5. The van der Waals surface area contributed by atoms with Crippen LogP contribution in [0.1, 0.15) is 6.42 Å². The van der Waals surface area contributed by atoms with Crippen LogP contribution in [0.15, 0.2) is 20.1 Å². The van der Waals surface area contributed by atoms with Crippen LogP contribution in [0.4, 0.5) is 4.79 Å². The molecule has 3 rings (SSSR count). The Morgan fingerprint density at radius 1 is 1.21 bits per heavy atom. The van der Waals surface area contributed by atoms with E-state index in [0.717, 1.165) is 8.69 Å². The van der Waals surface area contributed by atoms with E-state index in [4.69, 9.17) is 0 Å². The van der Waals surface area contributed by atoms with Gasteiger partial charge in [0.1, 0.15) is 4.21 Å². The van der Waals surface area contributed by atoms with E-state index in [1.54, 1.807) is 12.1 Å². The normalized spacial score (nSPS) is 24.2. The highest BCUT2D eigenvalue weighted by atomic mass is 79.9. The zero-order valence-electron chi connectivity index (χ0n) is 12.9. The monoisotopic (exact) mass is 436 g/mol. The number of rotatable bonds is 3. The third-order valence-corrected chi connectivity index (χ3v) is 8.18. The van der Waals surface area contributed by atoms with Gasteiger partial charge in [0.05, 0.1) is 16.4 Å². The van der Waals surface area contributed by atoms with Gasteiger partial charge in [-0.25, -0.2) is 13.2 Å². The third-order valence-electron chi connectivity index (χ3n) is 4.19. The van der Waals surface area contributed by atoms with Crippen molar-refractivity contribution in [3.8, 4) is 0 Å². The van der Waals surface area contributed by atoms with Gasteiger partial charge in [-0.3, -0.25) is 14.6 Å². The van der Waals surface area contributed by atoms with Crippen molar-refractivity contribution in [1.29, 1.82) is 0 Å². The maximum atomic E-state index is 12.6. The first-order valence-electron chi connectivity index (χ1n) is 7.35. The fourth-order valence-corrected chi connectivity index (χ4v) is 6.33. The van der Waals surface area contributed by atoms with Crippen LogP contribution in [0.3, 0.4) is 0 Å². The minimum Gasteiger partial charge on any atom is -0.322 e. The van der Waals surface area contributed by atoms with Gasteiger partial charge in [-0.15, -0.1) is 11.3 Å². The highest BCUT2D eigenvalue weighted by Gasteiger charge is 2.36. The van der Waals surface area contributed by atoms with E-state index in [1.165, 1.54) is 22.7 Å². The first kappa shape index (κ1) is 17.8. The Bertz CT molecular complexity index is 740. The number of halogens is 1. The Balaban J connectivity index is 1.64. The predicted molar refractivity (Wildman–Crippen MR) is 92.1 cm³/mol. The maximum Gasteiger partial charge on any atom is 0.325 e. The van der Waals surface area contributed by atoms with Crippen molar-refractivity contribution >= 4 is 49.2 Å². The smallest absolute Gasteiger partial charge is 0.322 e. The van der Waals surface area contributed by atoms with Crippen molar-refractivity contribution in [3.05, 3.63) is 15.9 Å². The summed E-state index contributed by atoms with van der Waals surface area (Å²) >= 11 is 4.46. The zero-order valence-corrected chi connectivity index (χ0v) is 16.2. The first-order valence-corrected chi connectivity index (χ1v) is 10.4. The molecule has 3 heterocycles. The van der Waals surface area contributed by atoms with Crippen LogP contribution in [-0.2, 0) is 14.8 Å². The van der Waals surface area contributed by atoms with Crippen molar-refractivity contribution < 1.29 is 18.0 Å². The van der Waals surface area contributed by atoms with Crippen molar-refractivity contribution in [2.45, 2.75) is 16.8 Å². The average molecular weight is 437 g/mol. The van der Waals surface area contributed by atoms with Gasteiger partial charge in [0.25, 0.3) is 10.0 Å². The molecule has 0 spiro atoms. The first-order chi connectivity index (χ1) is 11.3. The Morgan fingerprint density at radius 2 is 1.88 bits per heavy atom. The number of hydrogen-bond donors (Lipinski definition) is 1. The highest BCUT2D eigenvalue weighted by Crippen LogP contribution is 2.29. The lowest BCUT2D eigenvalue weighted by Gasteiger charge is -2.41. The van der Waals surface area contributed by atoms with Gasteiger partial charge in [-0.05, 0) is 28.1 Å². The molecule has 2 aliphatic rings. The molecule has 0 saturated carbocycles. The predicted octanol–water partition coefficient (Wildman–Crippen LogP) is 0.715. The van der Waals surface area contributed by atoms with Crippen LogP contribution in [0, 0.1) is 0 Å². The molecule has 1 aromatic rings. The number of thiophene rings is 1. The van der Waals surface area contributed by atoms with Crippen LogP contribution >= 0.6 is 27.3 Å². The van der Waals surface area contributed by atoms with Gasteiger partial charge in [-0.2, -0.15) is 4.31 Å². The molecule has 11 heteroatoms. The van der Waals surface area contributed by atoms with Crippen LogP contribution in [0.2, 0.25) is 0 Å². The minimum absolute atomic E-state index is 0.201. The van der Waals surface area contributed by atoms with Gasteiger partial charge in [0.2, 0.25) is 5.91 Å². The molecule has 1 N–H and O–H groups in total. The van der Waals surface area contributed by atoms with Crippen molar-refractivity contribution in [2.75, 3.05) is 33.2 Å². The highest BCUT2D eigenvalue weighted by molar-refractivity contribution is 9.11. The van der Waals surface area contributed by atoms with Crippen molar-refractivity contribution in [1.82, 2.24) is 19.4 Å². The van der Waals surface area contributed by atoms with E-state index in [1.807, 2.05) is 4.90 Å². The number of imide groups is 1. The largest absolute Gasteiger partial charge is 0.325 e. The molecule has 24 heavy (non-hydrogen) atoms. The molecule has 2 fully saturated rings. The van der Waals surface area contributed by atoms with Crippen molar-refractivity contribution in [2.24, 2.45) is 0 Å². The van der Waals surface area contributed by atoms with Crippen LogP contribution < -0.4 is 5.32 Å². The third kappa shape index (κ3) is 3.36. The molecule has 1 aromatic heterocycles. The van der Waals surface area contributed by atoms with Gasteiger partial charge in [-0.1, -0.05) is 0 Å². The van der Waals surface area contributed by atoms with E-state index in [9.17, 15) is 18.0 Å². The lowest BCUT2D eigenvalue weighted by atomic mass is 10.2. The Hall–Kier alpha value is -1.01. The molecule has 132 valence electrons. The average Bonchev–Trinajstić information content (AvgIpc) is 2.99. The van der Waals surface area contributed by atoms with Crippen molar-refractivity contribution in [3.63, 3.8) is 0 Å². The van der Waals surface area contributed by atoms with Crippen LogP contribution in [-0.4, -0.2) is 73.9 Å². The lowest BCUT2D eigenvalue weighted by Crippen LogP contribution is -2.62. The topological polar surface area (TPSA) is 90.0 Å². The number of nitrogens with zero attached hydrogens (tertiary/aromatic N) is 3. The molecule has 2 aliphatic heterocycles. The summed E-state index contributed by atoms with van der Waals surface area (Å²) in [7, 11) is -2.05. The minimum atomic E-state index is -3.49. The van der Waals surface area contributed by atoms with E-state index in [0.29, 0.717) is 30.4 Å². The summed E-state index contributed by atoms with van der Waals surface area (Å²) in [4.78, 5) is 26.5. The second kappa shape index (κ2) is 6.71. The Morgan fingerprint density at radius 3 is 2.42 bits per heavy atom. The molecule has 3 amide bonds. The maximum absolute atomic E-state index is 12.6. The molecule has 0 bridgehead atoms. The van der Waals surface area contributed by atoms with Gasteiger partial charge < -0.3 is 5.32 Å². The molecule has 0 aliphatic carbocycles. The summed E-state index contributed by atoms with van der Waals surface area (Å²) in [6, 6.07) is 2.88. The summed E-state index contributed by atoms with van der Waals surface area (Å²) in [5.41, 5.74) is 0. The summed E-state index contributed by atoms with van der Waals surface area (Å²) in [6.45, 7) is 1.59. The van der Waals surface area contributed by atoms with E-state index in [2.05, 4.69) is 21.2 Å². The summed E-state index contributed by atoms with van der Waals surface area (Å²) < 4.78 is 27.7. The van der Waals surface area contributed by atoms with Gasteiger partial charge >= 0.3 is 6.03 Å². The van der Waals surface area contributed by atoms with Crippen LogP contribution in [0.25, 0.3) is 0 Å². The Kier molecular flexibility index (Phi) is 4.98. The SMILES string of the molecule is CN1C(=O)CC(N2CCN(S(=O)(=O)c3ccc(Br)s3)CC2)NC1=O. The molecule has 8 nitrogen and oxygen atoms in total. The number of nitrogens with one attached hydrogen (secondary N) is 1. The number of carbonyl (C=O) groups is 2. The number of piperazine rings is 1. The fraction of sp³-hybridized carbons (Fsp3) is 0.538. The molecule has 1 atom stereocenters. The van der Waals surface area contributed by atoms with E-state index in [-0.39, 0.29) is 18.5 Å². The molecule has 0 radical (unpaired) electrons. The number of amides is 3. The number of urea groups is 1. The standard InChI is InChI=1S/C13H17BrN4O4S2/c1-16-11(19)8-10(15-13(16)20)17-4-6-18(7-5-17)24(21,22)12-3-2-9(14)23-12/h2-3,10H,4-8H2,1H3,(H,15,20). The van der Waals surface area contributed by atoms with E-state index < -0.39 is 16.1 Å². The molecular formula is C13H17BrN4O4S2. The summed E-state index contributed by atoms with van der Waals surface area (Å²) in [6.07, 6.45) is -0.172. The van der Waals surface area contributed by atoms with Crippen LogP contribution in [0.5, 0.6) is 0 Å².